The van der Waals surface area contributed by atoms with E-state index < -0.39 is 6.08 Å². The Labute approximate surface area is 108 Å². The molecule has 1 fully saturated rings. The highest BCUT2D eigenvalue weighted by atomic mass is 32.2. The number of nitrogens with two attached hydrogens (primary N) is 1. The van der Waals surface area contributed by atoms with E-state index in [4.69, 9.17) is 5.73 Å². The maximum atomic E-state index is 12.7. The van der Waals surface area contributed by atoms with Crippen LogP contribution in [-0.2, 0) is 0 Å². The topological polar surface area (TPSA) is 67.1 Å². The van der Waals surface area contributed by atoms with Crippen LogP contribution in [-0.4, -0.2) is 15.3 Å². The predicted octanol–water partition coefficient (Wildman–Crippen LogP) is 1.33. The van der Waals surface area contributed by atoms with E-state index in [-0.39, 0.29) is 5.37 Å². The van der Waals surface area contributed by atoms with E-state index in [1.165, 1.54) is 18.0 Å². The van der Waals surface area contributed by atoms with Gasteiger partial charge >= 0.3 is 6.08 Å². The van der Waals surface area contributed by atoms with Crippen LogP contribution in [0.2, 0.25) is 0 Å². The van der Waals surface area contributed by atoms with Gasteiger partial charge < -0.3 is 5.73 Å². The van der Waals surface area contributed by atoms with E-state index in [1.807, 2.05) is 11.2 Å². The smallest absolute Gasteiger partial charge is 0.308 e. The molecule has 1 saturated heterocycles. The lowest BCUT2D eigenvalue weighted by Crippen LogP contribution is -2.33. The molecule has 2 aliphatic rings. The zero-order chi connectivity index (χ0) is 12.7. The Morgan fingerprint density at radius 1 is 1.50 bits per heavy atom. The summed E-state index contributed by atoms with van der Waals surface area (Å²) in [5.74, 6) is 0.309. The average molecular weight is 265 g/mol. The fourth-order valence-electron chi connectivity index (χ4n) is 2.05. The third-order valence-corrected chi connectivity index (χ3v) is 4.44. The number of fused-ring (bicyclic) bond motifs is 1. The molecule has 3 rings (SSSR count). The summed E-state index contributed by atoms with van der Waals surface area (Å²) in [6.07, 6.45) is 5.82. The van der Waals surface area contributed by atoms with E-state index in [0.717, 1.165) is 4.91 Å². The standard InChI is InChI=1S/C11H12FN5S/c1-6-8-5-17(7-3-14-11(12)15-4-7)16-10(8)18-9(6)2-13/h2-6,10,16H,13H2,1H3/b9-2+. The molecule has 3 heterocycles. The molecule has 1 aromatic rings. The number of nitrogens with one attached hydrogen (secondary N) is 1. The van der Waals surface area contributed by atoms with E-state index in [2.05, 4.69) is 22.3 Å². The number of hydrogen-bond donors (Lipinski definition) is 2. The number of thioether (sulfide) groups is 1. The Bertz CT molecular complexity index is 527. The van der Waals surface area contributed by atoms with Crippen LogP contribution in [0.1, 0.15) is 6.92 Å². The highest BCUT2D eigenvalue weighted by Crippen LogP contribution is 2.46. The van der Waals surface area contributed by atoms with Gasteiger partial charge in [0.25, 0.3) is 0 Å². The molecule has 2 unspecified atom stereocenters. The Morgan fingerprint density at radius 3 is 2.83 bits per heavy atom. The molecule has 3 N–H and O–H groups in total. The third-order valence-electron chi connectivity index (χ3n) is 3.07. The lowest BCUT2D eigenvalue weighted by Gasteiger charge is -2.17. The van der Waals surface area contributed by atoms with E-state index in [1.54, 1.807) is 18.0 Å². The lowest BCUT2D eigenvalue weighted by molar-refractivity contribution is 0.538. The fraction of sp³-hybridized carbons (Fsp3) is 0.273. The van der Waals surface area contributed by atoms with Crippen molar-refractivity contribution in [2.75, 3.05) is 5.01 Å². The molecule has 1 aromatic heterocycles. The van der Waals surface area contributed by atoms with Crippen LogP contribution < -0.4 is 16.2 Å². The van der Waals surface area contributed by atoms with Crippen molar-refractivity contribution in [2.45, 2.75) is 12.3 Å². The van der Waals surface area contributed by atoms with Gasteiger partial charge in [0.05, 0.1) is 23.5 Å². The highest BCUT2D eigenvalue weighted by molar-refractivity contribution is 8.04. The van der Waals surface area contributed by atoms with Crippen LogP contribution in [0, 0.1) is 12.0 Å². The number of anilines is 1. The molecule has 94 valence electrons. The van der Waals surface area contributed by atoms with Gasteiger partial charge in [-0.3, -0.25) is 5.01 Å². The van der Waals surface area contributed by atoms with E-state index in [0.29, 0.717) is 11.6 Å². The number of halogens is 1. The van der Waals surface area contributed by atoms with Crippen molar-refractivity contribution in [3.05, 3.63) is 41.4 Å². The monoisotopic (exact) mass is 265 g/mol. The molecule has 0 spiro atoms. The summed E-state index contributed by atoms with van der Waals surface area (Å²) >= 11 is 1.69. The van der Waals surface area contributed by atoms with Crippen molar-refractivity contribution in [3.63, 3.8) is 0 Å². The molecule has 0 aromatic carbocycles. The van der Waals surface area contributed by atoms with Gasteiger partial charge in [-0.25, -0.2) is 15.4 Å². The SMILES string of the molecule is CC1C2=CN(c3cnc(F)nc3)NC2S/C1=C/N. The van der Waals surface area contributed by atoms with Crippen molar-refractivity contribution in [1.29, 1.82) is 0 Å². The summed E-state index contributed by atoms with van der Waals surface area (Å²) in [5, 5.41) is 2.00. The maximum Gasteiger partial charge on any atom is 0.308 e. The summed E-state index contributed by atoms with van der Waals surface area (Å²) in [7, 11) is 0. The molecule has 7 heteroatoms. The first kappa shape index (κ1) is 11.5. The minimum Gasteiger partial charge on any atom is -0.404 e. The Balaban J connectivity index is 1.86. The molecule has 2 aliphatic heterocycles. The Kier molecular flexibility index (Phi) is 2.71. The molecule has 0 aliphatic carbocycles. The number of rotatable bonds is 1. The van der Waals surface area contributed by atoms with Crippen molar-refractivity contribution in [2.24, 2.45) is 11.7 Å². The van der Waals surface area contributed by atoms with Gasteiger partial charge in [-0.2, -0.15) is 4.39 Å². The molecule has 0 saturated carbocycles. The minimum atomic E-state index is -0.720. The van der Waals surface area contributed by atoms with Crippen molar-refractivity contribution < 1.29 is 4.39 Å². The maximum absolute atomic E-state index is 12.7. The molecule has 18 heavy (non-hydrogen) atoms. The summed E-state index contributed by atoms with van der Waals surface area (Å²) in [6.45, 7) is 2.11. The first-order chi connectivity index (χ1) is 8.69. The van der Waals surface area contributed by atoms with Crippen LogP contribution in [0.3, 0.4) is 0 Å². The van der Waals surface area contributed by atoms with Crippen molar-refractivity contribution in [1.82, 2.24) is 15.4 Å². The van der Waals surface area contributed by atoms with Crippen LogP contribution >= 0.6 is 11.8 Å². The van der Waals surface area contributed by atoms with Gasteiger partial charge in [-0.1, -0.05) is 6.92 Å². The summed E-state index contributed by atoms with van der Waals surface area (Å²) in [6, 6.07) is 0. The molecular weight excluding hydrogens is 253 g/mol. The van der Waals surface area contributed by atoms with Crippen molar-refractivity contribution >= 4 is 17.4 Å². The Morgan fingerprint density at radius 2 is 2.22 bits per heavy atom. The second-order valence-electron chi connectivity index (χ2n) is 4.13. The first-order valence-corrected chi connectivity index (χ1v) is 6.40. The second kappa shape index (κ2) is 4.25. The number of hydrazine groups is 1. The molecule has 0 bridgehead atoms. The molecular formula is C11H12FN5S. The van der Waals surface area contributed by atoms with Crippen LogP contribution in [0.25, 0.3) is 0 Å². The number of aromatic nitrogens is 2. The lowest BCUT2D eigenvalue weighted by atomic mass is 10.0. The number of hydrogen-bond acceptors (Lipinski definition) is 6. The molecule has 2 atom stereocenters. The van der Waals surface area contributed by atoms with Gasteiger partial charge in [0, 0.05) is 23.2 Å². The molecule has 0 amide bonds. The average Bonchev–Trinajstić information content (AvgIpc) is 2.90. The number of nitrogens with zero attached hydrogens (tertiary/aromatic N) is 3. The highest BCUT2D eigenvalue weighted by Gasteiger charge is 2.37. The predicted molar refractivity (Wildman–Crippen MR) is 68.5 cm³/mol. The van der Waals surface area contributed by atoms with E-state index >= 15 is 0 Å². The largest absolute Gasteiger partial charge is 0.404 e. The molecule has 0 radical (unpaired) electrons. The zero-order valence-corrected chi connectivity index (χ0v) is 10.5. The summed E-state index contributed by atoms with van der Waals surface area (Å²) in [5.41, 5.74) is 10.8. The van der Waals surface area contributed by atoms with Gasteiger partial charge in [0.15, 0.2) is 0 Å². The van der Waals surface area contributed by atoms with Crippen LogP contribution in [0.4, 0.5) is 10.1 Å². The van der Waals surface area contributed by atoms with Gasteiger partial charge in [0.1, 0.15) is 0 Å². The summed E-state index contributed by atoms with van der Waals surface area (Å²) < 4.78 is 12.7. The normalized spacial score (nSPS) is 28.7. The quantitative estimate of drug-likeness (QED) is 0.747. The second-order valence-corrected chi connectivity index (χ2v) is 5.31. The van der Waals surface area contributed by atoms with Gasteiger partial charge in [-0.15, -0.1) is 11.8 Å². The van der Waals surface area contributed by atoms with Gasteiger partial charge in [0.2, 0.25) is 0 Å². The van der Waals surface area contributed by atoms with Crippen LogP contribution in [0.15, 0.2) is 35.3 Å². The van der Waals surface area contributed by atoms with Crippen molar-refractivity contribution in [3.8, 4) is 0 Å². The zero-order valence-electron chi connectivity index (χ0n) is 9.67. The van der Waals surface area contributed by atoms with Crippen LogP contribution in [0.5, 0.6) is 0 Å². The van der Waals surface area contributed by atoms with E-state index in [9.17, 15) is 4.39 Å². The minimum absolute atomic E-state index is 0.180. The third kappa shape index (κ3) is 1.75. The fourth-order valence-corrected chi connectivity index (χ4v) is 3.31. The number of allylic oxidation sites excluding steroid dienone is 1. The molecule has 5 nitrogen and oxygen atoms in total. The van der Waals surface area contributed by atoms with Gasteiger partial charge in [-0.05, 0) is 5.57 Å². The summed E-state index contributed by atoms with van der Waals surface area (Å²) in [4.78, 5) is 8.24. The Hall–Kier alpha value is -1.60. The first-order valence-electron chi connectivity index (χ1n) is 5.52.